The summed E-state index contributed by atoms with van der Waals surface area (Å²) in [5.41, 5.74) is 5.89. The van der Waals surface area contributed by atoms with Gasteiger partial charge in [0.05, 0.1) is 6.54 Å². The Labute approximate surface area is 187 Å². The first-order valence-electron chi connectivity index (χ1n) is 10.7. The lowest BCUT2D eigenvalue weighted by Crippen LogP contribution is -2.36. The second-order valence-electron chi connectivity index (χ2n) is 8.22. The fourth-order valence-corrected chi connectivity index (χ4v) is 5.10. The number of amides is 1. The van der Waals surface area contributed by atoms with Crippen LogP contribution in [0.1, 0.15) is 34.6 Å². The zero-order valence-electron chi connectivity index (χ0n) is 17.8. The molecule has 1 aliphatic rings. The largest absolute Gasteiger partial charge is 0.308 e. The van der Waals surface area contributed by atoms with Crippen LogP contribution in [0, 0.1) is 6.92 Å². The number of carbonyl (C=O) groups excluding carboxylic acids is 1. The Kier molecular flexibility index (Phi) is 5.29. The molecule has 0 saturated heterocycles. The number of thioether (sulfide) groups is 1. The van der Waals surface area contributed by atoms with E-state index in [1.54, 1.807) is 11.8 Å². The van der Waals surface area contributed by atoms with E-state index in [0.717, 1.165) is 11.3 Å². The average Bonchev–Trinajstić information content (AvgIpc) is 2.80. The van der Waals surface area contributed by atoms with E-state index in [9.17, 15) is 4.79 Å². The first kappa shape index (κ1) is 19.9. The molecule has 31 heavy (non-hydrogen) atoms. The van der Waals surface area contributed by atoms with Gasteiger partial charge in [-0.2, -0.15) is 0 Å². The summed E-state index contributed by atoms with van der Waals surface area (Å²) in [5, 5.41) is 2.46. The highest BCUT2D eigenvalue weighted by molar-refractivity contribution is 7.98. The van der Waals surface area contributed by atoms with Crippen molar-refractivity contribution in [1.29, 1.82) is 0 Å². The molecule has 4 aromatic carbocycles. The van der Waals surface area contributed by atoms with E-state index in [4.69, 9.17) is 0 Å². The van der Waals surface area contributed by atoms with Gasteiger partial charge in [-0.1, -0.05) is 72.3 Å². The van der Waals surface area contributed by atoms with E-state index in [2.05, 4.69) is 98.1 Å². The second kappa shape index (κ2) is 8.24. The summed E-state index contributed by atoms with van der Waals surface area (Å²) in [6.45, 7) is 2.70. The summed E-state index contributed by atoms with van der Waals surface area (Å²) in [7, 11) is 0. The van der Waals surface area contributed by atoms with Gasteiger partial charge in [0.2, 0.25) is 5.91 Å². The van der Waals surface area contributed by atoms with Crippen molar-refractivity contribution in [2.45, 2.75) is 30.7 Å². The third-order valence-electron chi connectivity index (χ3n) is 6.21. The van der Waals surface area contributed by atoms with E-state index < -0.39 is 0 Å². The number of hydrogen-bond acceptors (Lipinski definition) is 2. The Morgan fingerprint density at radius 3 is 2.52 bits per heavy atom. The van der Waals surface area contributed by atoms with Crippen LogP contribution in [-0.2, 0) is 11.3 Å². The summed E-state index contributed by atoms with van der Waals surface area (Å²) >= 11 is 1.74. The molecule has 4 aromatic rings. The van der Waals surface area contributed by atoms with Crippen molar-refractivity contribution in [2.24, 2.45) is 0 Å². The third kappa shape index (κ3) is 3.75. The summed E-state index contributed by atoms with van der Waals surface area (Å²) in [6.07, 6.45) is 2.58. The number of hydrogen-bond donors (Lipinski definition) is 0. The first-order valence-corrected chi connectivity index (χ1v) is 11.9. The fourth-order valence-electron chi connectivity index (χ4n) is 4.69. The molecule has 1 heterocycles. The SMILES string of the molecule is CSc1ccc(C2CC(=O)N(Cc3cccc(C)c3)c3ccc4ccccc4c32)cc1. The maximum atomic E-state index is 13.4. The normalized spacial score (nSPS) is 15.9. The van der Waals surface area contributed by atoms with Crippen molar-refractivity contribution in [2.75, 3.05) is 11.2 Å². The Morgan fingerprint density at radius 2 is 1.74 bits per heavy atom. The van der Waals surface area contributed by atoms with Crippen LogP contribution in [0.5, 0.6) is 0 Å². The monoisotopic (exact) mass is 423 g/mol. The summed E-state index contributed by atoms with van der Waals surface area (Å²) in [6, 6.07) is 29.9. The maximum absolute atomic E-state index is 13.4. The Balaban J connectivity index is 1.66. The van der Waals surface area contributed by atoms with Crippen molar-refractivity contribution in [1.82, 2.24) is 0 Å². The molecule has 0 bridgehead atoms. The molecular formula is C28H25NOS. The number of nitrogens with zero attached hydrogens (tertiary/aromatic N) is 1. The quantitative estimate of drug-likeness (QED) is 0.331. The molecule has 0 radical (unpaired) electrons. The smallest absolute Gasteiger partial charge is 0.228 e. The molecule has 0 aliphatic carbocycles. The van der Waals surface area contributed by atoms with Crippen LogP contribution < -0.4 is 4.90 Å². The molecule has 154 valence electrons. The van der Waals surface area contributed by atoms with Gasteiger partial charge in [0.15, 0.2) is 0 Å². The van der Waals surface area contributed by atoms with Crippen LogP contribution in [-0.4, -0.2) is 12.2 Å². The van der Waals surface area contributed by atoms with Crippen molar-refractivity contribution < 1.29 is 4.79 Å². The molecule has 3 heteroatoms. The number of rotatable bonds is 4. The lowest BCUT2D eigenvalue weighted by molar-refractivity contribution is -0.119. The zero-order chi connectivity index (χ0) is 21.4. The van der Waals surface area contributed by atoms with Crippen LogP contribution in [0.3, 0.4) is 0 Å². The Hall–Kier alpha value is -3.04. The molecule has 5 rings (SSSR count). The van der Waals surface area contributed by atoms with Gasteiger partial charge in [0.25, 0.3) is 0 Å². The molecule has 0 N–H and O–H groups in total. The number of carbonyl (C=O) groups is 1. The van der Waals surface area contributed by atoms with Gasteiger partial charge >= 0.3 is 0 Å². The first-order chi connectivity index (χ1) is 15.1. The molecule has 1 unspecified atom stereocenters. The van der Waals surface area contributed by atoms with Gasteiger partial charge in [-0.05, 0) is 58.8 Å². The minimum absolute atomic E-state index is 0.0678. The van der Waals surface area contributed by atoms with E-state index >= 15 is 0 Å². The van der Waals surface area contributed by atoms with Crippen LogP contribution in [0.15, 0.2) is 89.8 Å². The summed E-state index contributed by atoms with van der Waals surface area (Å²) < 4.78 is 0. The molecule has 1 amide bonds. The molecule has 2 nitrogen and oxygen atoms in total. The van der Waals surface area contributed by atoms with Crippen LogP contribution in [0.4, 0.5) is 5.69 Å². The number of anilines is 1. The van der Waals surface area contributed by atoms with Gasteiger partial charge in [-0.25, -0.2) is 0 Å². The molecule has 0 aromatic heterocycles. The minimum atomic E-state index is 0.0678. The lowest BCUT2D eigenvalue weighted by atomic mass is 9.81. The molecule has 0 saturated carbocycles. The Bertz CT molecular complexity index is 1260. The number of fused-ring (bicyclic) bond motifs is 3. The highest BCUT2D eigenvalue weighted by Crippen LogP contribution is 2.44. The summed E-state index contributed by atoms with van der Waals surface area (Å²) in [5.74, 6) is 0.251. The standard InChI is InChI=1S/C28H25NOS/c1-19-6-5-7-20(16-19)18-29-26-15-12-21-8-3-4-9-24(21)28(26)25(17-27(29)30)22-10-13-23(31-2)14-11-22/h3-16,25H,17-18H2,1-2H3. The average molecular weight is 424 g/mol. The molecule has 1 atom stereocenters. The van der Waals surface area contributed by atoms with Gasteiger partial charge in [-0.15, -0.1) is 11.8 Å². The van der Waals surface area contributed by atoms with E-state index in [1.165, 1.54) is 32.4 Å². The highest BCUT2D eigenvalue weighted by atomic mass is 32.2. The van der Waals surface area contributed by atoms with Crippen LogP contribution >= 0.6 is 11.8 Å². The topological polar surface area (TPSA) is 20.3 Å². The third-order valence-corrected chi connectivity index (χ3v) is 6.95. The van der Waals surface area contributed by atoms with E-state index in [1.807, 2.05) is 4.90 Å². The van der Waals surface area contributed by atoms with Crippen molar-refractivity contribution in [3.05, 3.63) is 107 Å². The predicted octanol–water partition coefficient (Wildman–Crippen LogP) is 6.94. The van der Waals surface area contributed by atoms with Crippen molar-refractivity contribution >= 4 is 34.1 Å². The number of benzene rings is 4. The molecular weight excluding hydrogens is 398 g/mol. The zero-order valence-corrected chi connectivity index (χ0v) is 18.7. The van der Waals surface area contributed by atoms with Gasteiger partial charge in [-0.3, -0.25) is 4.79 Å². The maximum Gasteiger partial charge on any atom is 0.228 e. The Morgan fingerprint density at radius 1 is 0.935 bits per heavy atom. The molecule has 0 spiro atoms. The van der Waals surface area contributed by atoms with Gasteiger partial charge in [0, 0.05) is 22.9 Å². The number of aryl methyl sites for hydroxylation is 1. The van der Waals surface area contributed by atoms with Crippen molar-refractivity contribution in [3.63, 3.8) is 0 Å². The van der Waals surface area contributed by atoms with Crippen LogP contribution in [0.25, 0.3) is 10.8 Å². The van der Waals surface area contributed by atoms with Gasteiger partial charge < -0.3 is 4.90 Å². The molecule has 1 aliphatic heterocycles. The van der Waals surface area contributed by atoms with E-state index in [0.29, 0.717) is 13.0 Å². The lowest BCUT2D eigenvalue weighted by Gasteiger charge is -2.35. The highest BCUT2D eigenvalue weighted by Gasteiger charge is 2.33. The van der Waals surface area contributed by atoms with E-state index in [-0.39, 0.29) is 11.8 Å². The van der Waals surface area contributed by atoms with Crippen molar-refractivity contribution in [3.8, 4) is 0 Å². The minimum Gasteiger partial charge on any atom is -0.308 e. The predicted molar refractivity (Wildman–Crippen MR) is 131 cm³/mol. The van der Waals surface area contributed by atoms with Crippen LogP contribution in [0.2, 0.25) is 0 Å². The fraction of sp³-hybridized carbons (Fsp3) is 0.179. The molecule has 0 fully saturated rings. The summed E-state index contributed by atoms with van der Waals surface area (Å²) in [4.78, 5) is 16.6. The second-order valence-corrected chi connectivity index (χ2v) is 9.10. The van der Waals surface area contributed by atoms with Gasteiger partial charge in [0.1, 0.15) is 0 Å².